The summed E-state index contributed by atoms with van der Waals surface area (Å²) in [5.41, 5.74) is 7.19. The molecule has 3 heterocycles. The van der Waals surface area contributed by atoms with Crippen molar-refractivity contribution in [2.24, 2.45) is 0 Å². The fourth-order valence-corrected chi connectivity index (χ4v) is 7.48. The quantitative estimate of drug-likeness (QED) is 0.199. The van der Waals surface area contributed by atoms with Crippen LogP contribution in [0.25, 0.3) is 87.4 Å². The molecule has 0 saturated carbocycles. The molecule has 9 rings (SSSR count). The summed E-state index contributed by atoms with van der Waals surface area (Å²) < 4.78 is 8.48. The van der Waals surface area contributed by atoms with Crippen molar-refractivity contribution in [3.63, 3.8) is 0 Å². The number of nitrogens with zero attached hydrogens (tertiary/aromatic N) is 4. The van der Waals surface area contributed by atoms with Gasteiger partial charge in [-0.1, -0.05) is 103 Å². The van der Waals surface area contributed by atoms with Gasteiger partial charge in [0.2, 0.25) is 0 Å². The van der Waals surface area contributed by atoms with Crippen LogP contribution in [-0.2, 0) is 0 Å². The molecule has 0 aliphatic carbocycles. The summed E-state index contributed by atoms with van der Waals surface area (Å²) in [6.07, 6.45) is 0. The largest absolute Gasteiger partial charge is 0.456 e. The van der Waals surface area contributed by atoms with E-state index in [0.717, 1.165) is 69.9 Å². The Balaban J connectivity index is 1.27. The first-order chi connectivity index (χ1) is 22.7. The van der Waals surface area contributed by atoms with E-state index in [9.17, 15) is 5.26 Å². The minimum atomic E-state index is 0.559. The van der Waals surface area contributed by atoms with Crippen molar-refractivity contribution >= 4 is 53.4 Å². The second kappa shape index (κ2) is 10.5. The maximum Gasteiger partial charge on any atom is 0.164 e. The number of rotatable bonds is 4. The predicted octanol–water partition coefficient (Wildman–Crippen LogP) is 10.7. The van der Waals surface area contributed by atoms with E-state index in [4.69, 9.17) is 19.4 Å². The number of hydrogen-bond acceptors (Lipinski definition) is 6. The molecule has 6 heteroatoms. The molecule has 0 bridgehead atoms. The highest BCUT2D eigenvalue weighted by Gasteiger charge is 2.19. The second-order valence-electron chi connectivity index (χ2n) is 11.1. The van der Waals surface area contributed by atoms with E-state index < -0.39 is 0 Å². The minimum absolute atomic E-state index is 0.559. The van der Waals surface area contributed by atoms with Crippen molar-refractivity contribution in [3.8, 4) is 51.4 Å². The molecule has 0 aliphatic rings. The monoisotopic (exact) mass is 606 g/mol. The average Bonchev–Trinajstić information content (AvgIpc) is 3.70. The Morgan fingerprint density at radius 2 is 1.22 bits per heavy atom. The number of thiophene rings is 1. The summed E-state index contributed by atoms with van der Waals surface area (Å²) in [4.78, 5) is 15.1. The third-order valence-corrected chi connectivity index (χ3v) is 9.60. The molecule has 6 aromatic carbocycles. The zero-order valence-electron chi connectivity index (χ0n) is 24.3. The molecule has 5 nitrogen and oxygen atoms in total. The third-order valence-electron chi connectivity index (χ3n) is 8.39. The van der Waals surface area contributed by atoms with E-state index in [0.29, 0.717) is 23.0 Å². The van der Waals surface area contributed by atoms with Crippen molar-refractivity contribution in [2.75, 3.05) is 0 Å². The zero-order chi connectivity index (χ0) is 30.6. The number of nitriles is 1. The van der Waals surface area contributed by atoms with Crippen LogP contribution in [0.15, 0.2) is 138 Å². The van der Waals surface area contributed by atoms with E-state index in [2.05, 4.69) is 66.7 Å². The van der Waals surface area contributed by atoms with E-state index in [1.54, 1.807) is 11.3 Å². The maximum absolute atomic E-state index is 9.78. The summed E-state index contributed by atoms with van der Waals surface area (Å²) >= 11 is 1.62. The van der Waals surface area contributed by atoms with E-state index in [1.165, 1.54) is 0 Å². The number of benzene rings is 6. The van der Waals surface area contributed by atoms with Gasteiger partial charge in [-0.05, 0) is 41.5 Å². The minimum Gasteiger partial charge on any atom is -0.456 e. The average molecular weight is 607 g/mol. The van der Waals surface area contributed by atoms with Gasteiger partial charge in [0.05, 0.1) is 10.3 Å². The van der Waals surface area contributed by atoms with E-state index >= 15 is 0 Å². The first kappa shape index (κ1) is 26.3. The molecule has 0 atom stereocenters. The first-order valence-corrected chi connectivity index (χ1v) is 15.7. The lowest BCUT2D eigenvalue weighted by Crippen LogP contribution is -2.00. The lowest BCUT2D eigenvalue weighted by atomic mass is 9.99. The van der Waals surface area contributed by atoms with E-state index in [-0.39, 0.29) is 0 Å². The van der Waals surface area contributed by atoms with Crippen molar-refractivity contribution in [3.05, 3.63) is 139 Å². The normalized spacial score (nSPS) is 11.5. The summed E-state index contributed by atoms with van der Waals surface area (Å²) in [5, 5.41) is 14.0. The smallest absolute Gasteiger partial charge is 0.164 e. The molecule has 46 heavy (non-hydrogen) atoms. The highest BCUT2D eigenvalue weighted by molar-refractivity contribution is 7.26. The molecule has 214 valence electrons. The molecule has 0 amide bonds. The Morgan fingerprint density at radius 1 is 0.522 bits per heavy atom. The van der Waals surface area contributed by atoms with Gasteiger partial charge in [-0.3, -0.25) is 0 Å². The Labute approximate surface area is 267 Å². The van der Waals surface area contributed by atoms with Gasteiger partial charge in [0.1, 0.15) is 17.2 Å². The molecule has 0 unspecified atom stereocenters. The SMILES string of the molecule is N#Cc1cccc2c1sc1cccc(-c3nc(-c4ccccc4)nc(-c4ccc5c(c4)oc4cccc(-c6ccccc6)c45)n3)c12. The molecule has 0 N–H and O–H groups in total. The van der Waals surface area contributed by atoms with Crippen molar-refractivity contribution in [1.29, 1.82) is 5.26 Å². The van der Waals surface area contributed by atoms with Crippen molar-refractivity contribution < 1.29 is 4.42 Å². The number of fused-ring (bicyclic) bond motifs is 6. The van der Waals surface area contributed by atoms with Gasteiger partial charge in [0.15, 0.2) is 17.5 Å². The first-order valence-electron chi connectivity index (χ1n) is 14.9. The molecule has 9 aromatic rings. The van der Waals surface area contributed by atoms with Crippen LogP contribution >= 0.6 is 11.3 Å². The number of furan rings is 1. The van der Waals surface area contributed by atoms with Gasteiger partial charge in [-0.2, -0.15) is 5.26 Å². The van der Waals surface area contributed by atoms with Crippen molar-refractivity contribution in [1.82, 2.24) is 15.0 Å². The molecule has 3 aromatic heterocycles. The Hall–Kier alpha value is -6.16. The van der Waals surface area contributed by atoms with E-state index in [1.807, 2.05) is 72.8 Å². The van der Waals surface area contributed by atoms with Crippen molar-refractivity contribution in [2.45, 2.75) is 0 Å². The number of aromatic nitrogens is 3. The fraction of sp³-hybridized carbons (Fsp3) is 0. The fourth-order valence-electron chi connectivity index (χ4n) is 6.29. The van der Waals surface area contributed by atoms with Gasteiger partial charge < -0.3 is 4.42 Å². The highest BCUT2D eigenvalue weighted by atomic mass is 32.1. The summed E-state index contributed by atoms with van der Waals surface area (Å²) in [6, 6.07) is 47.1. The Bertz CT molecular complexity index is 2650. The molecule has 0 saturated heterocycles. The second-order valence-corrected chi connectivity index (χ2v) is 12.2. The van der Waals surface area contributed by atoms with Gasteiger partial charge in [-0.25, -0.2) is 15.0 Å². The van der Waals surface area contributed by atoms with Gasteiger partial charge in [0, 0.05) is 42.9 Å². The molecule has 0 radical (unpaired) electrons. The summed E-state index contributed by atoms with van der Waals surface area (Å²) in [5.74, 6) is 1.72. The lowest BCUT2D eigenvalue weighted by Gasteiger charge is -2.09. The van der Waals surface area contributed by atoms with Gasteiger partial charge in [-0.15, -0.1) is 11.3 Å². The van der Waals surface area contributed by atoms with Crippen LogP contribution in [0.5, 0.6) is 0 Å². The van der Waals surface area contributed by atoms with Crippen LogP contribution < -0.4 is 0 Å². The van der Waals surface area contributed by atoms with Crippen LogP contribution in [0.4, 0.5) is 0 Å². The molecular weight excluding hydrogens is 585 g/mol. The molecule has 0 aliphatic heterocycles. The van der Waals surface area contributed by atoms with Crippen LogP contribution in [0, 0.1) is 11.3 Å². The van der Waals surface area contributed by atoms with Crippen LogP contribution in [0.1, 0.15) is 5.56 Å². The zero-order valence-corrected chi connectivity index (χ0v) is 25.1. The lowest BCUT2D eigenvalue weighted by molar-refractivity contribution is 0.669. The topological polar surface area (TPSA) is 75.6 Å². The van der Waals surface area contributed by atoms with Gasteiger partial charge in [0.25, 0.3) is 0 Å². The van der Waals surface area contributed by atoms with Crippen LogP contribution in [0.2, 0.25) is 0 Å². The molecule has 0 spiro atoms. The standard InChI is InChI=1S/C40H22N4OS/c41-23-27-14-7-16-30-36-31(17-9-19-34(36)46-37(27)30)40-43-38(25-12-5-2-6-13-25)42-39(44-40)26-20-21-29-33(22-26)45-32-18-8-15-28(35(29)32)24-10-3-1-4-11-24/h1-22H. The summed E-state index contributed by atoms with van der Waals surface area (Å²) in [6.45, 7) is 0. The predicted molar refractivity (Wildman–Crippen MR) is 186 cm³/mol. The molecular formula is C40H22N4OS. The Morgan fingerprint density at radius 3 is 2.02 bits per heavy atom. The summed E-state index contributed by atoms with van der Waals surface area (Å²) in [7, 11) is 0. The molecule has 0 fully saturated rings. The van der Waals surface area contributed by atoms with Crippen LogP contribution in [-0.4, -0.2) is 15.0 Å². The maximum atomic E-state index is 9.78. The van der Waals surface area contributed by atoms with Crippen LogP contribution in [0.3, 0.4) is 0 Å². The Kier molecular flexibility index (Phi) is 5.98. The third kappa shape index (κ3) is 4.18. The highest BCUT2D eigenvalue weighted by Crippen LogP contribution is 2.42. The van der Waals surface area contributed by atoms with Gasteiger partial charge >= 0.3 is 0 Å². The number of hydrogen-bond donors (Lipinski definition) is 0.